The lowest BCUT2D eigenvalue weighted by Crippen LogP contribution is -2.49. The second-order valence-corrected chi connectivity index (χ2v) is 4.00. The van der Waals surface area contributed by atoms with Crippen molar-refractivity contribution < 1.29 is 19.7 Å². The van der Waals surface area contributed by atoms with Gasteiger partial charge in [-0.2, -0.15) is 0 Å². The third-order valence-electron chi connectivity index (χ3n) is 2.86. The Labute approximate surface area is 89.6 Å². The molecule has 0 aromatic carbocycles. The van der Waals surface area contributed by atoms with Crippen molar-refractivity contribution in [1.29, 1.82) is 0 Å². The lowest BCUT2D eigenvalue weighted by Gasteiger charge is -2.35. The van der Waals surface area contributed by atoms with Gasteiger partial charge >= 0.3 is 5.97 Å². The van der Waals surface area contributed by atoms with Crippen LogP contribution in [0.5, 0.6) is 0 Å². The number of nitrogens with zero attached hydrogens (tertiary/aromatic N) is 1. The molecule has 2 atom stereocenters. The van der Waals surface area contributed by atoms with E-state index < -0.39 is 12.0 Å². The van der Waals surface area contributed by atoms with Crippen LogP contribution >= 0.6 is 0 Å². The van der Waals surface area contributed by atoms with E-state index in [0.29, 0.717) is 6.54 Å². The second-order valence-electron chi connectivity index (χ2n) is 4.00. The minimum Gasteiger partial charge on any atom is -0.480 e. The summed E-state index contributed by atoms with van der Waals surface area (Å²) in [7, 11) is 1.50. The topological polar surface area (TPSA) is 70.0 Å². The van der Waals surface area contributed by atoms with Crippen molar-refractivity contribution in [2.24, 2.45) is 5.92 Å². The number of methoxy groups -OCH3 is 1. The fourth-order valence-corrected chi connectivity index (χ4v) is 2.02. The molecule has 0 aromatic rings. The molecule has 0 saturated carbocycles. The maximum Gasteiger partial charge on any atom is 0.323 e. The number of carboxylic acid groups (broad SMARTS) is 1. The molecule has 0 radical (unpaired) electrons. The molecule has 1 aliphatic heterocycles. The van der Waals surface area contributed by atoms with Gasteiger partial charge < -0.3 is 14.9 Å². The normalized spacial score (nSPS) is 25.1. The Hall–Kier alpha value is -0.650. The van der Waals surface area contributed by atoms with Crippen LogP contribution in [0.2, 0.25) is 0 Å². The molecule has 1 saturated heterocycles. The van der Waals surface area contributed by atoms with E-state index in [1.165, 1.54) is 7.11 Å². The number of piperidine rings is 1. The molecule has 5 heteroatoms. The summed E-state index contributed by atoms with van der Waals surface area (Å²) in [6.45, 7) is 1.76. The highest BCUT2D eigenvalue weighted by Crippen LogP contribution is 2.18. The first-order valence-corrected chi connectivity index (χ1v) is 5.25. The first-order chi connectivity index (χ1) is 7.19. The van der Waals surface area contributed by atoms with Gasteiger partial charge in [-0.25, -0.2) is 0 Å². The summed E-state index contributed by atoms with van der Waals surface area (Å²) in [5.41, 5.74) is 0. The second kappa shape index (κ2) is 6.05. The monoisotopic (exact) mass is 217 g/mol. The lowest BCUT2D eigenvalue weighted by molar-refractivity contribution is -0.146. The fourth-order valence-electron chi connectivity index (χ4n) is 2.02. The number of aliphatic hydroxyl groups excluding tert-OH is 1. The molecular formula is C10H19NO4. The van der Waals surface area contributed by atoms with Gasteiger partial charge in [0.25, 0.3) is 0 Å². The van der Waals surface area contributed by atoms with Crippen LogP contribution in [0.3, 0.4) is 0 Å². The Morgan fingerprint density at radius 2 is 2.40 bits per heavy atom. The summed E-state index contributed by atoms with van der Waals surface area (Å²) in [5.74, 6) is -0.645. The van der Waals surface area contributed by atoms with Gasteiger partial charge in [-0.15, -0.1) is 0 Å². The number of rotatable bonds is 5. The van der Waals surface area contributed by atoms with Gasteiger partial charge in [-0.05, 0) is 25.3 Å². The predicted molar refractivity (Wildman–Crippen MR) is 54.7 cm³/mol. The van der Waals surface area contributed by atoms with Crippen molar-refractivity contribution in [3.8, 4) is 0 Å². The van der Waals surface area contributed by atoms with Gasteiger partial charge in [0.05, 0.1) is 6.61 Å². The minimum absolute atomic E-state index is 0.135. The Morgan fingerprint density at radius 3 is 2.93 bits per heavy atom. The molecule has 15 heavy (non-hydrogen) atoms. The third kappa shape index (κ3) is 3.44. The lowest BCUT2D eigenvalue weighted by atomic mass is 9.97. The van der Waals surface area contributed by atoms with Crippen LogP contribution in [0.4, 0.5) is 0 Å². The number of carboxylic acids is 1. The van der Waals surface area contributed by atoms with Gasteiger partial charge in [0.15, 0.2) is 0 Å². The van der Waals surface area contributed by atoms with Gasteiger partial charge in [-0.1, -0.05) is 0 Å². The quantitative estimate of drug-likeness (QED) is 0.667. The average Bonchev–Trinajstić information content (AvgIpc) is 2.25. The Kier molecular flexibility index (Phi) is 5.01. The molecule has 5 nitrogen and oxygen atoms in total. The third-order valence-corrected chi connectivity index (χ3v) is 2.86. The molecule has 88 valence electrons. The molecule has 1 heterocycles. The minimum atomic E-state index is -0.851. The van der Waals surface area contributed by atoms with E-state index in [1.807, 2.05) is 4.90 Å². The Balaban J connectivity index is 2.54. The summed E-state index contributed by atoms with van der Waals surface area (Å²) in [4.78, 5) is 12.9. The zero-order chi connectivity index (χ0) is 11.3. The summed E-state index contributed by atoms with van der Waals surface area (Å²) in [6.07, 6.45) is 1.92. The van der Waals surface area contributed by atoms with Crippen LogP contribution in [0.15, 0.2) is 0 Å². The molecule has 0 bridgehead atoms. The maximum absolute atomic E-state index is 11.0. The summed E-state index contributed by atoms with van der Waals surface area (Å²) in [5, 5.41) is 18.1. The van der Waals surface area contributed by atoms with E-state index in [0.717, 1.165) is 19.4 Å². The summed E-state index contributed by atoms with van der Waals surface area (Å²) >= 11 is 0. The van der Waals surface area contributed by atoms with E-state index in [-0.39, 0.29) is 19.1 Å². The highest BCUT2D eigenvalue weighted by atomic mass is 16.5. The number of hydrogen-bond donors (Lipinski definition) is 2. The Morgan fingerprint density at radius 1 is 1.67 bits per heavy atom. The molecule has 1 fully saturated rings. The zero-order valence-corrected chi connectivity index (χ0v) is 9.06. The van der Waals surface area contributed by atoms with E-state index in [4.69, 9.17) is 14.9 Å². The highest BCUT2D eigenvalue weighted by molar-refractivity contribution is 5.73. The van der Waals surface area contributed by atoms with Crippen LogP contribution in [0, 0.1) is 5.92 Å². The predicted octanol–water partition coefficient (Wildman–Crippen LogP) is -0.210. The number of likely N-dealkylation sites (tertiary alicyclic amines) is 1. The van der Waals surface area contributed by atoms with Crippen LogP contribution in [-0.2, 0) is 9.53 Å². The average molecular weight is 217 g/mol. The van der Waals surface area contributed by atoms with Crippen molar-refractivity contribution in [3.63, 3.8) is 0 Å². The largest absolute Gasteiger partial charge is 0.480 e. The first-order valence-electron chi connectivity index (χ1n) is 5.25. The SMILES string of the molecule is COCC(C(=O)O)N1CCCC(CO)C1. The van der Waals surface area contributed by atoms with Crippen molar-refractivity contribution in [3.05, 3.63) is 0 Å². The smallest absolute Gasteiger partial charge is 0.323 e. The molecule has 0 spiro atoms. The van der Waals surface area contributed by atoms with E-state index in [1.54, 1.807) is 0 Å². The number of hydrogen-bond acceptors (Lipinski definition) is 4. The van der Waals surface area contributed by atoms with Crippen molar-refractivity contribution in [1.82, 2.24) is 4.90 Å². The maximum atomic E-state index is 11.0. The fraction of sp³-hybridized carbons (Fsp3) is 0.900. The molecule has 0 amide bonds. The van der Waals surface area contributed by atoms with Gasteiger partial charge in [0.2, 0.25) is 0 Å². The number of aliphatic carboxylic acids is 1. The van der Waals surface area contributed by atoms with Gasteiger partial charge in [0.1, 0.15) is 6.04 Å². The number of carbonyl (C=O) groups is 1. The Bertz CT molecular complexity index is 210. The van der Waals surface area contributed by atoms with Crippen molar-refractivity contribution in [2.75, 3.05) is 33.4 Å². The van der Waals surface area contributed by atoms with Crippen LogP contribution in [-0.4, -0.2) is 60.5 Å². The van der Waals surface area contributed by atoms with Crippen molar-refractivity contribution in [2.45, 2.75) is 18.9 Å². The first kappa shape index (κ1) is 12.4. The van der Waals surface area contributed by atoms with Crippen LogP contribution < -0.4 is 0 Å². The van der Waals surface area contributed by atoms with Gasteiger partial charge in [-0.3, -0.25) is 9.69 Å². The van der Waals surface area contributed by atoms with Crippen LogP contribution in [0.25, 0.3) is 0 Å². The molecule has 2 unspecified atom stereocenters. The molecule has 0 aliphatic carbocycles. The van der Waals surface area contributed by atoms with Crippen molar-refractivity contribution >= 4 is 5.97 Å². The summed E-state index contributed by atoms with van der Waals surface area (Å²) in [6, 6.07) is -0.579. The molecule has 2 N–H and O–H groups in total. The number of ether oxygens (including phenoxy) is 1. The molecule has 1 aliphatic rings. The van der Waals surface area contributed by atoms with Crippen LogP contribution in [0.1, 0.15) is 12.8 Å². The number of aliphatic hydroxyl groups is 1. The van der Waals surface area contributed by atoms with E-state index >= 15 is 0 Å². The molecular weight excluding hydrogens is 198 g/mol. The zero-order valence-electron chi connectivity index (χ0n) is 9.06. The van der Waals surface area contributed by atoms with E-state index in [2.05, 4.69) is 0 Å². The highest BCUT2D eigenvalue weighted by Gasteiger charge is 2.29. The van der Waals surface area contributed by atoms with E-state index in [9.17, 15) is 4.79 Å². The molecule has 1 rings (SSSR count). The molecule has 0 aromatic heterocycles. The summed E-state index contributed by atoms with van der Waals surface area (Å²) < 4.78 is 4.90. The van der Waals surface area contributed by atoms with Gasteiger partial charge in [0, 0.05) is 20.3 Å². The standard InChI is InChI=1S/C10H19NO4/c1-15-7-9(10(13)14)11-4-2-3-8(5-11)6-12/h8-9,12H,2-7H2,1H3,(H,13,14).